The van der Waals surface area contributed by atoms with Gasteiger partial charge in [0, 0.05) is 26.1 Å². The molecule has 0 aromatic heterocycles. The molecule has 1 atom stereocenters. The topological polar surface area (TPSA) is 64.1 Å². The molecule has 0 amide bonds. The van der Waals surface area contributed by atoms with E-state index in [1.807, 2.05) is 30.3 Å². The zero-order valence-corrected chi connectivity index (χ0v) is 9.50. The summed E-state index contributed by atoms with van der Waals surface area (Å²) >= 11 is 6.18. The molecule has 1 aromatic carbocycles. The highest BCUT2D eigenvalue weighted by atomic mass is 35.5. The third-order valence-corrected chi connectivity index (χ3v) is 2.35. The minimum absolute atomic E-state index is 0.556. The highest BCUT2D eigenvalue weighted by Crippen LogP contribution is 2.14. The Kier molecular flexibility index (Phi) is 5.05. The van der Waals surface area contributed by atoms with E-state index in [9.17, 15) is 0 Å². The van der Waals surface area contributed by atoms with Crippen LogP contribution in [0.5, 0.6) is 0 Å². The quantitative estimate of drug-likeness (QED) is 0.380. The van der Waals surface area contributed by atoms with Gasteiger partial charge >= 0.3 is 0 Å². The highest BCUT2D eigenvalue weighted by molar-refractivity contribution is 6.23. The van der Waals surface area contributed by atoms with Gasteiger partial charge in [0.25, 0.3) is 0 Å². The molecule has 0 radical (unpaired) electrons. The molecule has 1 rings (SSSR count). The molecule has 0 saturated heterocycles. The fourth-order valence-corrected chi connectivity index (χ4v) is 1.64. The number of nitrogens with one attached hydrogen (secondary N) is 1. The molecule has 0 aliphatic carbocycles. The molecule has 0 bridgehead atoms. The van der Waals surface area contributed by atoms with E-state index >= 15 is 0 Å². The van der Waals surface area contributed by atoms with Crippen LogP contribution in [0.4, 0.5) is 0 Å². The largest absolute Gasteiger partial charge is 0.329 e. The van der Waals surface area contributed by atoms with Gasteiger partial charge in [-0.25, -0.2) is 0 Å². The number of alkyl halides is 1. The first kappa shape index (κ1) is 12.5. The van der Waals surface area contributed by atoms with Crippen molar-refractivity contribution in [1.82, 2.24) is 5.32 Å². The van der Waals surface area contributed by atoms with Gasteiger partial charge in [-0.3, -0.25) is 0 Å². The smallest absolute Gasteiger partial charge is 0.108 e. The summed E-state index contributed by atoms with van der Waals surface area (Å²) in [6, 6.07) is 9.98. The Morgan fingerprint density at radius 3 is 2.53 bits per heavy atom. The Morgan fingerprint density at radius 2 is 1.93 bits per heavy atom. The second-order valence-electron chi connectivity index (χ2n) is 3.66. The lowest BCUT2D eigenvalue weighted by molar-refractivity contribution is 0.528. The Labute approximate surface area is 95.8 Å². The van der Waals surface area contributed by atoms with E-state index in [1.165, 1.54) is 0 Å². The molecule has 0 fully saturated rings. The van der Waals surface area contributed by atoms with E-state index in [4.69, 9.17) is 23.1 Å². The average molecular weight is 228 g/mol. The highest BCUT2D eigenvalue weighted by Gasteiger charge is 2.20. The molecule has 15 heavy (non-hydrogen) atoms. The van der Waals surface area contributed by atoms with Crippen LogP contribution in [0, 0.1) is 0 Å². The SMILES string of the molecule is NCCNCC(N)(Cl)Cc1ccccc1. The van der Waals surface area contributed by atoms with E-state index < -0.39 is 5.00 Å². The zero-order valence-electron chi connectivity index (χ0n) is 8.75. The lowest BCUT2D eigenvalue weighted by Crippen LogP contribution is -2.46. The van der Waals surface area contributed by atoms with Crippen LogP contribution in [0.3, 0.4) is 0 Å². The number of benzene rings is 1. The first-order chi connectivity index (χ1) is 7.14. The molecule has 0 aliphatic rings. The summed E-state index contributed by atoms with van der Waals surface area (Å²) in [7, 11) is 0. The van der Waals surface area contributed by atoms with Gasteiger partial charge in [-0.05, 0) is 5.56 Å². The monoisotopic (exact) mass is 227 g/mol. The molecular weight excluding hydrogens is 210 g/mol. The Bertz CT molecular complexity index is 274. The molecule has 1 aromatic rings. The van der Waals surface area contributed by atoms with E-state index in [1.54, 1.807) is 0 Å². The van der Waals surface area contributed by atoms with E-state index in [2.05, 4.69) is 5.32 Å². The van der Waals surface area contributed by atoms with Crippen molar-refractivity contribution in [3.05, 3.63) is 35.9 Å². The number of hydrogen-bond acceptors (Lipinski definition) is 3. The van der Waals surface area contributed by atoms with Crippen LogP contribution in [0.1, 0.15) is 5.56 Å². The van der Waals surface area contributed by atoms with Crippen LogP contribution in [0.15, 0.2) is 30.3 Å². The first-order valence-corrected chi connectivity index (χ1v) is 5.44. The number of nitrogens with two attached hydrogens (primary N) is 2. The molecular formula is C11H18ClN3. The summed E-state index contributed by atoms with van der Waals surface area (Å²) in [5.74, 6) is 0. The van der Waals surface area contributed by atoms with Crippen molar-refractivity contribution in [2.75, 3.05) is 19.6 Å². The third-order valence-electron chi connectivity index (χ3n) is 2.08. The van der Waals surface area contributed by atoms with Crippen LogP contribution in [0.2, 0.25) is 0 Å². The normalized spacial score (nSPS) is 14.9. The standard InChI is InChI=1S/C11H18ClN3/c12-11(14,9-15-7-6-13)8-10-4-2-1-3-5-10/h1-5,15H,6-9,13-14H2. The molecule has 4 heteroatoms. The first-order valence-electron chi connectivity index (χ1n) is 5.06. The van der Waals surface area contributed by atoms with Gasteiger partial charge in [0.1, 0.15) is 5.00 Å². The molecule has 5 N–H and O–H groups in total. The summed E-state index contributed by atoms with van der Waals surface area (Å²) < 4.78 is 0. The zero-order chi connectivity index (χ0) is 11.1. The molecule has 0 heterocycles. The Balaban J connectivity index is 2.42. The summed E-state index contributed by atoms with van der Waals surface area (Å²) in [6.45, 7) is 1.89. The summed E-state index contributed by atoms with van der Waals surface area (Å²) in [5, 5.41) is 3.11. The average Bonchev–Trinajstić information content (AvgIpc) is 2.18. The van der Waals surface area contributed by atoms with Crippen molar-refractivity contribution in [2.45, 2.75) is 11.4 Å². The molecule has 0 aliphatic heterocycles. The van der Waals surface area contributed by atoms with Gasteiger partial charge in [-0.2, -0.15) is 0 Å². The van der Waals surface area contributed by atoms with Crippen molar-refractivity contribution in [3.8, 4) is 0 Å². The maximum Gasteiger partial charge on any atom is 0.108 e. The second kappa shape index (κ2) is 6.08. The Morgan fingerprint density at radius 1 is 1.27 bits per heavy atom. The number of rotatable bonds is 6. The van der Waals surface area contributed by atoms with E-state index in [0.717, 1.165) is 12.1 Å². The third kappa shape index (κ3) is 5.14. The molecule has 84 valence electrons. The maximum atomic E-state index is 6.18. The van der Waals surface area contributed by atoms with E-state index in [0.29, 0.717) is 19.5 Å². The lowest BCUT2D eigenvalue weighted by Gasteiger charge is -2.22. The lowest BCUT2D eigenvalue weighted by atomic mass is 10.1. The maximum absolute atomic E-state index is 6.18. The van der Waals surface area contributed by atoms with Gasteiger partial charge in [-0.15, -0.1) is 11.6 Å². The summed E-state index contributed by atoms with van der Waals surface area (Å²) in [4.78, 5) is -0.740. The minimum atomic E-state index is -0.740. The fraction of sp³-hybridized carbons (Fsp3) is 0.455. The fourth-order valence-electron chi connectivity index (χ4n) is 1.40. The van der Waals surface area contributed by atoms with Crippen molar-refractivity contribution in [1.29, 1.82) is 0 Å². The van der Waals surface area contributed by atoms with Crippen molar-refractivity contribution in [3.63, 3.8) is 0 Å². The van der Waals surface area contributed by atoms with Gasteiger partial charge in [0.05, 0.1) is 0 Å². The van der Waals surface area contributed by atoms with Gasteiger partial charge in [0.15, 0.2) is 0 Å². The minimum Gasteiger partial charge on any atom is -0.329 e. The second-order valence-corrected chi connectivity index (χ2v) is 4.42. The van der Waals surface area contributed by atoms with Gasteiger partial charge in [-0.1, -0.05) is 30.3 Å². The Hall–Kier alpha value is -0.610. The van der Waals surface area contributed by atoms with Crippen molar-refractivity contribution >= 4 is 11.6 Å². The number of hydrogen-bond donors (Lipinski definition) is 3. The molecule has 0 saturated carbocycles. The predicted octanol–water partition coefficient (Wildman–Crippen LogP) is 0.671. The van der Waals surface area contributed by atoms with Gasteiger partial charge < -0.3 is 16.8 Å². The van der Waals surface area contributed by atoms with Crippen molar-refractivity contribution in [2.24, 2.45) is 11.5 Å². The number of halogens is 1. The van der Waals surface area contributed by atoms with Crippen molar-refractivity contribution < 1.29 is 0 Å². The summed E-state index contributed by atoms with van der Waals surface area (Å²) in [6.07, 6.45) is 0.646. The summed E-state index contributed by atoms with van der Waals surface area (Å²) in [5.41, 5.74) is 12.5. The van der Waals surface area contributed by atoms with Crippen LogP contribution in [-0.4, -0.2) is 24.6 Å². The molecule has 1 unspecified atom stereocenters. The molecule has 0 spiro atoms. The van der Waals surface area contributed by atoms with Gasteiger partial charge in [0.2, 0.25) is 0 Å². The van der Waals surface area contributed by atoms with Crippen LogP contribution in [-0.2, 0) is 6.42 Å². The van der Waals surface area contributed by atoms with Crippen LogP contribution >= 0.6 is 11.6 Å². The predicted molar refractivity (Wildman–Crippen MR) is 64.8 cm³/mol. The molecule has 3 nitrogen and oxygen atoms in total. The van der Waals surface area contributed by atoms with Crippen LogP contribution in [0.25, 0.3) is 0 Å². The van der Waals surface area contributed by atoms with E-state index in [-0.39, 0.29) is 0 Å². The van der Waals surface area contributed by atoms with Crippen LogP contribution < -0.4 is 16.8 Å².